The molecule has 1 saturated carbocycles. The normalized spacial score (nSPS) is 19.8. The first-order valence-corrected chi connectivity index (χ1v) is 14.1. The lowest BCUT2D eigenvalue weighted by molar-refractivity contribution is 0.524. The van der Waals surface area contributed by atoms with E-state index in [1.165, 1.54) is 36.0 Å². The molecule has 3 aromatic carbocycles. The van der Waals surface area contributed by atoms with Crippen LogP contribution in [0.25, 0.3) is 0 Å². The highest BCUT2D eigenvalue weighted by atomic mass is 35.5. The van der Waals surface area contributed by atoms with Crippen molar-refractivity contribution in [3.8, 4) is 0 Å². The van der Waals surface area contributed by atoms with E-state index in [1.807, 2.05) is 31.4 Å². The van der Waals surface area contributed by atoms with E-state index in [4.69, 9.17) is 11.6 Å². The van der Waals surface area contributed by atoms with Crippen molar-refractivity contribution in [2.75, 3.05) is 0 Å². The van der Waals surface area contributed by atoms with Gasteiger partial charge in [0.1, 0.15) is 4.75 Å². The maximum atomic E-state index is 6.64. The molecule has 0 radical (unpaired) electrons. The lowest BCUT2D eigenvalue weighted by atomic mass is 9.84. The van der Waals surface area contributed by atoms with Crippen LogP contribution in [-0.2, 0) is 4.75 Å². The molecule has 150 valence electrons. The van der Waals surface area contributed by atoms with E-state index in [9.17, 15) is 0 Å². The van der Waals surface area contributed by atoms with Crippen molar-refractivity contribution in [2.45, 2.75) is 41.1 Å². The fraction of sp³-hybridized carbons (Fsp3) is 0.280. The third-order valence-corrected chi connectivity index (χ3v) is 11.3. The van der Waals surface area contributed by atoms with Gasteiger partial charge in [0.15, 0.2) is 0 Å². The lowest BCUT2D eigenvalue weighted by Gasteiger charge is -2.35. The zero-order valence-electron chi connectivity index (χ0n) is 16.2. The van der Waals surface area contributed by atoms with Crippen molar-refractivity contribution in [3.05, 3.63) is 108 Å². The van der Waals surface area contributed by atoms with Crippen molar-refractivity contribution in [1.82, 2.24) is 0 Å². The first-order chi connectivity index (χ1) is 14.3. The molecule has 1 aliphatic rings. The van der Waals surface area contributed by atoms with Gasteiger partial charge < -0.3 is 0 Å². The fourth-order valence-electron chi connectivity index (χ4n) is 3.94. The smallest absolute Gasteiger partial charge is 0.102 e. The zero-order valence-corrected chi connectivity index (χ0v) is 19.5. The molecule has 4 heteroatoms. The Morgan fingerprint density at radius 1 is 0.655 bits per heavy atom. The standard InChI is InChI=1S/C25H25ClS3/c26-23-18-10-11-19-24(23)27-29-28-25(20-12-4-1-5-13-20,21-14-6-2-7-15-21)22-16-8-3-9-17-22/h1-9,12-17,23-24H,10-11,18-19H2/t23-,24-/m1/s1. The largest absolute Gasteiger partial charge is 0.122 e. The second-order valence-corrected chi connectivity index (χ2v) is 12.3. The Labute approximate surface area is 191 Å². The molecule has 0 amide bonds. The van der Waals surface area contributed by atoms with E-state index < -0.39 is 0 Å². The summed E-state index contributed by atoms with van der Waals surface area (Å²) < 4.78 is -0.266. The molecular formula is C25H25ClS3. The molecule has 1 fully saturated rings. The minimum atomic E-state index is -0.266. The maximum absolute atomic E-state index is 6.64. The second-order valence-electron chi connectivity index (χ2n) is 7.37. The highest BCUT2D eigenvalue weighted by molar-refractivity contribution is 9.09. The predicted octanol–water partition coefficient (Wildman–Crippen LogP) is 8.56. The van der Waals surface area contributed by atoms with Crippen LogP contribution in [0.4, 0.5) is 0 Å². The van der Waals surface area contributed by atoms with Crippen LogP contribution in [0, 0.1) is 0 Å². The molecule has 0 unspecified atom stereocenters. The molecule has 1 aliphatic carbocycles. The minimum absolute atomic E-state index is 0.266. The molecular weight excluding hydrogens is 432 g/mol. The Bertz CT molecular complexity index is 774. The molecule has 0 heterocycles. The van der Waals surface area contributed by atoms with E-state index in [1.54, 1.807) is 0 Å². The number of hydrogen-bond acceptors (Lipinski definition) is 3. The summed E-state index contributed by atoms with van der Waals surface area (Å²) in [5.41, 5.74) is 3.92. The molecule has 0 aliphatic heterocycles. The third-order valence-electron chi connectivity index (χ3n) is 5.48. The SMILES string of the molecule is Cl[C@@H]1CCCC[C@H]1SSSC(c1ccccc1)(c1ccccc1)c1ccccc1. The molecule has 0 bridgehead atoms. The maximum Gasteiger partial charge on any atom is 0.102 e. The van der Waals surface area contributed by atoms with E-state index in [-0.39, 0.29) is 4.75 Å². The van der Waals surface area contributed by atoms with E-state index >= 15 is 0 Å². The van der Waals surface area contributed by atoms with Crippen LogP contribution in [0.15, 0.2) is 91.0 Å². The third kappa shape index (κ3) is 4.85. The highest BCUT2D eigenvalue weighted by Gasteiger charge is 2.38. The van der Waals surface area contributed by atoms with Crippen LogP contribution in [0.3, 0.4) is 0 Å². The summed E-state index contributed by atoms with van der Waals surface area (Å²) in [7, 11) is 5.81. The number of hydrogen-bond donors (Lipinski definition) is 0. The van der Waals surface area contributed by atoms with Gasteiger partial charge in [0.2, 0.25) is 0 Å². The van der Waals surface area contributed by atoms with Crippen LogP contribution in [0.5, 0.6) is 0 Å². The van der Waals surface area contributed by atoms with Gasteiger partial charge >= 0.3 is 0 Å². The van der Waals surface area contributed by atoms with Gasteiger partial charge in [0, 0.05) is 10.6 Å². The van der Waals surface area contributed by atoms with Crippen molar-refractivity contribution < 1.29 is 0 Å². The van der Waals surface area contributed by atoms with Crippen LogP contribution in [-0.4, -0.2) is 10.6 Å². The molecule has 4 rings (SSSR count). The number of halogens is 1. The molecule has 0 N–H and O–H groups in total. The number of benzene rings is 3. The van der Waals surface area contributed by atoms with Crippen molar-refractivity contribution in [1.29, 1.82) is 0 Å². The molecule has 2 atom stereocenters. The number of rotatable bonds is 7. The quantitative estimate of drug-likeness (QED) is 0.198. The molecule has 29 heavy (non-hydrogen) atoms. The van der Waals surface area contributed by atoms with Crippen molar-refractivity contribution >= 4 is 43.0 Å². The molecule has 3 aromatic rings. The summed E-state index contributed by atoms with van der Waals surface area (Å²) >= 11 is 6.64. The van der Waals surface area contributed by atoms with Gasteiger partial charge in [-0.2, -0.15) is 0 Å². The fourth-order valence-corrected chi connectivity index (χ4v) is 10.5. The first kappa shape index (κ1) is 21.2. The molecule has 0 nitrogen and oxygen atoms in total. The molecule has 0 spiro atoms. The molecule has 0 saturated heterocycles. The Kier molecular flexibility index (Phi) is 7.58. The Morgan fingerprint density at radius 3 is 1.55 bits per heavy atom. The van der Waals surface area contributed by atoms with Gasteiger partial charge in [-0.25, -0.2) is 0 Å². The van der Waals surface area contributed by atoms with Gasteiger partial charge in [-0.15, -0.1) is 11.6 Å². The summed E-state index contributed by atoms with van der Waals surface area (Å²) in [4.78, 5) is 0. The van der Waals surface area contributed by atoms with Gasteiger partial charge in [0.05, 0.1) is 0 Å². The van der Waals surface area contributed by atoms with Crippen molar-refractivity contribution in [2.24, 2.45) is 0 Å². The topological polar surface area (TPSA) is 0 Å². The summed E-state index contributed by atoms with van der Waals surface area (Å²) in [6.45, 7) is 0. The van der Waals surface area contributed by atoms with Crippen LogP contribution < -0.4 is 0 Å². The zero-order chi connectivity index (χ0) is 19.9. The van der Waals surface area contributed by atoms with Gasteiger partial charge in [0.25, 0.3) is 0 Å². The average Bonchev–Trinajstić information content (AvgIpc) is 2.80. The van der Waals surface area contributed by atoms with E-state index in [0.717, 1.165) is 6.42 Å². The van der Waals surface area contributed by atoms with Crippen LogP contribution >= 0.6 is 43.0 Å². The van der Waals surface area contributed by atoms with Crippen LogP contribution in [0.2, 0.25) is 0 Å². The van der Waals surface area contributed by atoms with E-state index in [2.05, 4.69) is 91.0 Å². The lowest BCUT2D eigenvalue weighted by Crippen LogP contribution is -2.25. The summed E-state index contributed by atoms with van der Waals surface area (Å²) in [5.74, 6) is 0. The van der Waals surface area contributed by atoms with E-state index in [0.29, 0.717) is 10.6 Å². The first-order valence-electron chi connectivity index (χ1n) is 10.1. The van der Waals surface area contributed by atoms with Gasteiger partial charge in [-0.1, -0.05) is 125 Å². The average molecular weight is 457 g/mol. The summed E-state index contributed by atoms with van der Waals surface area (Å²) in [5, 5.41) is 0.823. The minimum Gasteiger partial charge on any atom is -0.122 e. The van der Waals surface area contributed by atoms with Gasteiger partial charge in [-0.3, -0.25) is 0 Å². The Morgan fingerprint density at radius 2 is 1.10 bits per heavy atom. The van der Waals surface area contributed by atoms with Gasteiger partial charge in [-0.05, 0) is 39.4 Å². The van der Waals surface area contributed by atoms with Crippen LogP contribution in [0.1, 0.15) is 42.4 Å². The number of alkyl halides is 1. The Balaban J connectivity index is 1.71. The molecule has 0 aromatic heterocycles. The second kappa shape index (κ2) is 10.3. The summed E-state index contributed by atoms with van der Waals surface area (Å²) in [6.07, 6.45) is 4.94. The highest BCUT2D eigenvalue weighted by Crippen LogP contribution is 2.58. The summed E-state index contributed by atoms with van der Waals surface area (Å²) in [6, 6.07) is 32.7. The predicted molar refractivity (Wildman–Crippen MR) is 134 cm³/mol. The van der Waals surface area contributed by atoms with Crippen molar-refractivity contribution in [3.63, 3.8) is 0 Å². The Hall–Kier alpha value is -1.00. The monoisotopic (exact) mass is 456 g/mol.